The van der Waals surface area contributed by atoms with Crippen LogP contribution in [0.2, 0.25) is 0 Å². The first-order chi connectivity index (χ1) is 9.20. The van der Waals surface area contributed by atoms with Crippen molar-refractivity contribution >= 4 is 28.6 Å². The van der Waals surface area contributed by atoms with Crippen LogP contribution in [-0.2, 0) is 4.79 Å². The van der Waals surface area contributed by atoms with Crippen molar-refractivity contribution in [3.05, 3.63) is 24.3 Å². The van der Waals surface area contributed by atoms with Gasteiger partial charge >= 0.3 is 5.97 Å². The molecule has 3 N–H and O–H groups in total. The minimum atomic E-state index is -0.794. The van der Waals surface area contributed by atoms with E-state index >= 15 is 0 Å². The molecule has 0 saturated carbocycles. The van der Waals surface area contributed by atoms with Crippen LogP contribution >= 0.6 is 0 Å². The second kappa shape index (κ2) is 5.99. The normalized spacial score (nSPS) is 10.4. The Balaban J connectivity index is 2.13. The molecule has 1 aromatic heterocycles. The number of aliphatic carboxylic acids is 1. The van der Waals surface area contributed by atoms with Crippen molar-refractivity contribution in [3.8, 4) is 0 Å². The average molecular weight is 260 g/mol. The van der Waals surface area contributed by atoms with Crippen LogP contribution in [-0.4, -0.2) is 34.6 Å². The lowest BCUT2D eigenvalue weighted by atomic mass is 10.2. The van der Waals surface area contributed by atoms with E-state index in [1.54, 1.807) is 0 Å². The van der Waals surface area contributed by atoms with Crippen molar-refractivity contribution in [1.29, 1.82) is 0 Å². The van der Waals surface area contributed by atoms with Crippen LogP contribution in [0, 0.1) is 0 Å². The molecule has 0 amide bonds. The number of carboxylic acid groups (broad SMARTS) is 1. The second-order valence-electron chi connectivity index (χ2n) is 4.09. The zero-order valence-electron chi connectivity index (χ0n) is 10.7. The summed E-state index contributed by atoms with van der Waals surface area (Å²) in [5, 5.41) is 15.6. The molecule has 0 radical (unpaired) electrons. The van der Waals surface area contributed by atoms with Gasteiger partial charge in [0.2, 0.25) is 5.95 Å². The zero-order valence-corrected chi connectivity index (χ0v) is 10.7. The van der Waals surface area contributed by atoms with Gasteiger partial charge in [-0.25, -0.2) is 4.98 Å². The van der Waals surface area contributed by atoms with Crippen molar-refractivity contribution < 1.29 is 9.90 Å². The van der Waals surface area contributed by atoms with Crippen molar-refractivity contribution in [3.63, 3.8) is 0 Å². The summed E-state index contributed by atoms with van der Waals surface area (Å²) in [6.07, 6.45) is 0.680. The fourth-order valence-corrected chi connectivity index (χ4v) is 1.79. The molecule has 0 aliphatic carbocycles. The number of hydrogen-bond donors (Lipinski definition) is 3. The summed E-state index contributed by atoms with van der Waals surface area (Å²) in [5.74, 6) is 0.469. The highest BCUT2D eigenvalue weighted by atomic mass is 16.4. The van der Waals surface area contributed by atoms with E-state index in [0.29, 0.717) is 18.9 Å². The van der Waals surface area contributed by atoms with Gasteiger partial charge in [-0.1, -0.05) is 12.1 Å². The fraction of sp³-hybridized carbons (Fsp3) is 0.308. The van der Waals surface area contributed by atoms with E-state index in [9.17, 15) is 4.79 Å². The molecule has 100 valence electrons. The third kappa shape index (κ3) is 3.31. The predicted octanol–water partition coefficient (Wildman–Crippen LogP) is 1.95. The molecule has 1 heterocycles. The number of carbonyl (C=O) groups is 1. The number of nitrogens with one attached hydrogen (secondary N) is 2. The Labute approximate surface area is 110 Å². The number of para-hydroxylation sites is 1. The van der Waals surface area contributed by atoms with Gasteiger partial charge in [-0.15, -0.1) is 0 Å². The number of benzene rings is 1. The summed E-state index contributed by atoms with van der Waals surface area (Å²) < 4.78 is 0. The molecule has 2 aromatic rings. The highest BCUT2D eigenvalue weighted by Crippen LogP contribution is 2.21. The number of hydrogen-bond acceptors (Lipinski definition) is 5. The van der Waals surface area contributed by atoms with Crippen LogP contribution < -0.4 is 10.6 Å². The summed E-state index contributed by atoms with van der Waals surface area (Å²) in [7, 11) is 1.81. The Morgan fingerprint density at radius 2 is 2.11 bits per heavy atom. The Kier molecular flexibility index (Phi) is 4.12. The Morgan fingerprint density at radius 1 is 1.32 bits per heavy atom. The number of fused-ring (bicyclic) bond motifs is 1. The Morgan fingerprint density at radius 3 is 2.84 bits per heavy atom. The minimum absolute atomic E-state index is 0.138. The van der Waals surface area contributed by atoms with E-state index in [2.05, 4.69) is 20.6 Å². The number of aromatic nitrogens is 2. The van der Waals surface area contributed by atoms with Gasteiger partial charge in [0.25, 0.3) is 0 Å². The molecule has 19 heavy (non-hydrogen) atoms. The number of carboxylic acids is 1. The monoisotopic (exact) mass is 260 g/mol. The Bertz CT molecular complexity index is 586. The maximum absolute atomic E-state index is 10.4. The lowest BCUT2D eigenvalue weighted by Crippen LogP contribution is -2.09. The molecule has 0 bridgehead atoms. The van der Waals surface area contributed by atoms with Gasteiger partial charge in [-0.3, -0.25) is 4.79 Å². The number of rotatable bonds is 6. The molecule has 0 saturated heterocycles. The van der Waals surface area contributed by atoms with Crippen LogP contribution in [0.1, 0.15) is 12.8 Å². The van der Waals surface area contributed by atoms with Gasteiger partial charge in [-0.2, -0.15) is 4.98 Å². The summed E-state index contributed by atoms with van der Waals surface area (Å²) in [6, 6.07) is 7.73. The molecule has 0 fully saturated rings. The van der Waals surface area contributed by atoms with Crippen LogP contribution in [0.4, 0.5) is 11.8 Å². The standard InChI is InChI=1S/C13H16N4O2/c1-14-12-9-5-2-3-6-10(9)16-13(17-12)15-8-4-7-11(18)19/h2-3,5-6H,4,7-8H2,1H3,(H,18,19)(H2,14,15,16,17). The van der Waals surface area contributed by atoms with E-state index < -0.39 is 5.97 Å². The molecule has 0 aliphatic heterocycles. The third-order valence-electron chi connectivity index (χ3n) is 2.69. The fourth-order valence-electron chi connectivity index (χ4n) is 1.79. The maximum atomic E-state index is 10.4. The number of anilines is 2. The van der Waals surface area contributed by atoms with Crippen LogP contribution in [0.3, 0.4) is 0 Å². The molecule has 6 nitrogen and oxygen atoms in total. The molecule has 0 spiro atoms. The summed E-state index contributed by atoms with van der Waals surface area (Å²) in [5.41, 5.74) is 0.850. The third-order valence-corrected chi connectivity index (χ3v) is 2.69. The van der Waals surface area contributed by atoms with Crippen molar-refractivity contribution in [2.45, 2.75) is 12.8 Å². The molecule has 6 heteroatoms. The van der Waals surface area contributed by atoms with Gasteiger partial charge in [-0.05, 0) is 18.6 Å². The largest absolute Gasteiger partial charge is 0.481 e. The zero-order chi connectivity index (χ0) is 13.7. The minimum Gasteiger partial charge on any atom is -0.481 e. The van der Waals surface area contributed by atoms with E-state index in [1.165, 1.54) is 0 Å². The molecular formula is C13H16N4O2. The van der Waals surface area contributed by atoms with Gasteiger partial charge < -0.3 is 15.7 Å². The van der Waals surface area contributed by atoms with Crippen LogP contribution in [0.25, 0.3) is 10.9 Å². The van der Waals surface area contributed by atoms with Gasteiger partial charge in [0.1, 0.15) is 5.82 Å². The second-order valence-corrected chi connectivity index (χ2v) is 4.09. The van der Waals surface area contributed by atoms with Crippen molar-refractivity contribution in [2.24, 2.45) is 0 Å². The van der Waals surface area contributed by atoms with E-state index in [-0.39, 0.29) is 6.42 Å². The molecule has 1 aromatic carbocycles. The van der Waals surface area contributed by atoms with E-state index in [0.717, 1.165) is 16.7 Å². The smallest absolute Gasteiger partial charge is 0.303 e. The Hall–Kier alpha value is -2.37. The van der Waals surface area contributed by atoms with Gasteiger partial charge in [0, 0.05) is 25.4 Å². The topological polar surface area (TPSA) is 87.1 Å². The highest BCUT2D eigenvalue weighted by Gasteiger charge is 2.05. The van der Waals surface area contributed by atoms with Crippen molar-refractivity contribution in [2.75, 3.05) is 24.2 Å². The lowest BCUT2D eigenvalue weighted by Gasteiger charge is -2.09. The maximum Gasteiger partial charge on any atom is 0.303 e. The predicted molar refractivity (Wildman–Crippen MR) is 74.4 cm³/mol. The van der Waals surface area contributed by atoms with Crippen molar-refractivity contribution in [1.82, 2.24) is 9.97 Å². The molecule has 0 aliphatic rings. The van der Waals surface area contributed by atoms with Gasteiger partial charge in [0.05, 0.1) is 5.52 Å². The number of nitrogens with zero attached hydrogens (tertiary/aromatic N) is 2. The highest BCUT2D eigenvalue weighted by molar-refractivity contribution is 5.89. The summed E-state index contributed by atoms with van der Waals surface area (Å²) in [6.45, 7) is 0.536. The first-order valence-electron chi connectivity index (χ1n) is 6.11. The van der Waals surface area contributed by atoms with Crippen LogP contribution in [0.15, 0.2) is 24.3 Å². The molecule has 0 unspecified atom stereocenters. The molecular weight excluding hydrogens is 244 g/mol. The summed E-state index contributed by atoms with van der Waals surface area (Å²) in [4.78, 5) is 19.2. The lowest BCUT2D eigenvalue weighted by molar-refractivity contribution is -0.137. The molecule has 2 rings (SSSR count). The SMILES string of the molecule is CNc1nc(NCCCC(=O)O)nc2ccccc12. The van der Waals surface area contributed by atoms with Gasteiger partial charge in [0.15, 0.2) is 0 Å². The first kappa shape index (κ1) is 13.1. The van der Waals surface area contributed by atoms with Crippen LogP contribution in [0.5, 0.6) is 0 Å². The summed E-state index contributed by atoms with van der Waals surface area (Å²) >= 11 is 0. The first-order valence-corrected chi connectivity index (χ1v) is 6.11. The quantitative estimate of drug-likeness (QED) is 0.688. The average Bonchev–Trinajstić information content (AvgIpc) is 2.42. The van der Waals surface area contributed by atoms with E-state index in [4.69, 9.17) is 5.11 Å². The van der Waals surface area contributed by atoms with E-state index in [1.807, 2.05) is 31.3 Å². The molecule has 0 atom stereocenters.